The fraction of sp³-hybridized carbons (Fsp3) is 0.875. The van der Waals surface area contributed by atoms with E-state index in [-0.39, 0.29) is 18.1 Å². The minimum atomic E-state index is 0.0514. The molecular formula is C16H32N4O3. The highest BCUT2D eigenvalue weighted by Gasteiger charge is 2.15. The molecule has 7 heteroatoms. The topological polar surface area (TPSA) is 84.0 Å². The van der Waals surface area contributed by atoms with Crippen LogP contribution < -0.4 is 16.0 Å². The zero-order valence-electron chi connectivity index (χ0n) is 14.7. The number of guanidine groups is 1. The fourth-order valence-electron chi connectivity index (χ4n) is 2.18. The van der Waals surface area contributed by atoms with E-state index in [4.69, 9.17) is 9.47 Å². The highest BCUT2D eigenvalue weighted by atomic mass is 16.5. The Bertz CT molecular complexity index is 355. The molecule has 134 valence electrons. The normalized spacial score (nSPS) is 18.3. The standard InChI is InChI=1S/C16H32N4O3/c1-4-17-16(19-9-6-15(21)20-13(2)3)18-8-5-10-23-14-7-11-22-12-14/h13-14H,4-12H2,1-3H3,(H,20,21)(H2,17,18,19). The molecule has 0 aromatic carbocycles. The molecule has 1 aliphatic heterocycles. The summed E-state index contributed by atoms with van der Waals surface area (Å²) >= 11 is 0. The van der Waals surface area contributed by atoms with Gasteiger partial charge in [-0.3, -0.25) is 9.79 Å². The van der Waals surface area contributed by atoms with Crippen molar-refractivity contribution in [1.29, 1.82) is 0 Å². The number of hydrogen-bond acceptors (Lipinski definition) is 4. The molecule has 0 spiro atoms. The van der Waals surface area contributed by atoms with Gasteiger partial charge in [0.2, 0.25) is 5.91 Å². The van der Waals surface area contributed by atoms with Gasteiger partial charge in [-0.1, -0.05) is 0 Å². The highest BCUT2D eigenvalue weighted by molar-refractivity contribution is 5.81. The summed E-state index contributed by atoms with van der Waals surface area (Å²) in [5.41, 5.74) is 0. The van der Waals surface area contributed by atoms with Crippen molar-refractivity contribution in [3.8, 4) is 0 Å². The number of nitrogens with zero attached hydrogens (tertiary/aromatic N) is 1. The Hall–Kier alpha value is -1.34. The molecular weight excluding hydrogens is 296 g/mol. The van der Waals surface area contributed by atoms with E-state index in [1.54, 1.807) is 0 Å². The largest absolute Gasteiger partial charge is 0.379 e. The molecule has 1 rings (SSSR count). The van der Waals surface area contributed by atoms with E-state index in [0.717, 1.165) is 32.0 Å². The summed E-state index contributed by atoms with van der Waals surface area (Å²) in [6, 6.07) is 0.176. The Labute approximate surface area is 139 Å². The van der Waals surface area contributed by atoms with Crippen LogP contribution in [-0.2, 0) is 14.3 Å². The van der Waals surface area contributed by atoms with Gasteiger partial charge in [-0.25, -0.2) is 0 Å². The van der Waals surface area contributed by atoms with Crippen LogP contribution in [0.15, 0.2) is 4.99 Å². The van der Waals surface area contributed by atoms with Crippen molar-refractivity contribution >= 4 is 11.9 Å². The van der Waals surface area contributed by atoms with Crippen LogP contribution in [0, 0.1) is 0 Å². The SMILES string of the molecule is CCNC(=NCCCOC1CCOC1)NCCC(=O)NC(C)C. The van der Waals surface area contributed by atoms with E-state index in [0.29, 0.717) is 32.7 Å². The van der Waals surface area contributed by atoms with E-state index in [2.05, 4.69) is 20.9 Å². The summed E-state index contributed by atoms with van der Waals surface area (Å²) in [5.74, 6) is 0.796. The molecule has 7 nitrogen and oxygen atoms in total. The zero-order valence-corrected chi connectivity index (χ0v) is 14.7. The van der Waals surface area contributed by atoms with Gasteiger partial charge >= 0.3 is 0 Å². The zero-order chi connectivity index (χ0) is 16.9. The second-order valence-corrected chi connectivity index (χ2v) is 5.87. The maximum atomic E-state index is 11.6. The fourth-order valence-corrected chi connectivity index (χ4v) is 2.18. The Morgan fingerprint density at radius 1 is 1.39 bits per heavy atom. The molecule has 0 aromatic heterocycles. The lowest BCUT2D eigenvalue weighted by Crippen LogP contribution is -2.40. The van der Waals surface area contributed by atoms with Crippen molar-refractivity contribution in [3.05, 3.63) is 0 Å². The maximum Gasteiger partial charge on any atom is 0.221 e. The lowest BCUT2D eigenvalue weighted by molar-refractivity contribution is -0.121. The molecule has 0 aromatic rings. The predicted molar refractivity (Wildman–Crippen MR) is 91.7 cm³/mol. The van der Waals surface area contributed by atoms with Crippen LogP contribution in [0.1, 0.15) is 40.0 Å². The van der Waals surface area contributed by atoms with Gasteiger partial charge in [0.25, 0.3) is 0 Å². The first-order chi connectivity index (χ1) is 11.1. The highest BCUT2D eigenvalue weighted by Crippen LogP contribution is 2.07. The number of nitrogens with one attached hydrogen (secondary N) is 3. The minimum absolute atomic E-state index is 0.0514. The van der Waals surface area contributed by atoms with Crippen LogP contribution in [0.2, 0.25) is 0 Å². The smallest absolute Gasteiger partial charge is 0.221 e. The van der Waals surface area contributed by atoms with Gasteiger partial charge < -0.3 is 25.4 Å². The summed E-state index contributed by atoms with van der Waals surface area (Å²) in [5, 5.41) is 9.22. The van der Waals surface area contributed by atoms with Crippen LogP contribution in [0.3, 0.4) is 0 Å². The predicted octanol–water partition coefficient (Wildman–Crippen LogP) is 0.652. The number of carbonyl (C=O) groups excluding carboxylic acids is 1. The number of aliphatic imine (C=N–C) groups is 1. The molecule has 0 radical (unpaired) electrons. The first kappa shape index (κ1) is 19.7. The minimum Gasteiger partial charge on any atom is -0.379 e. The maximum absolute atomic E-state index is 11.6. The van der Waals surface area contributed by atoms with Crippen molar-refractivity contribution in [2.45, 2.75) is 52.2 Å². The third-order valence-corrected chi connectivity index (χ3v) is 3.25. The average Bonchev–Trinajstić information content (AvgIpc) is 2.99. The molecule has 1 heterocycles. The molecule has 1 fully saturated rings. The van der Waals surface area contributed by atoms with Crippen molar-refractivity contribution in [2.75, 3.05) is 39.5 Å². The molecule has 1 aliphatic rings. The summed E-state index contributed by atoms with van der Waals surface area (Å²) < 4.78 is 11.0. The molecule has 0 aliphatic carbocycles. The van der Waals surface area contributed by atoms with E-state index >= 15 is 0 Å². The van der Waals surface area contributed by atoms with Gasteiger partial charge in [0.1, 0.15) is 0 Å². The second kappa shape index (κ2) is 12.1. The lowest BCUT2D eigenvalue weighted by Gasteiger charge is -2.12. The van der Waals surface area contributed by atoms with Gasteiger partial charge in [-0.15, -0.1) is 0 Å². The van der Waals surface area contributed by atoms with Crippen molar-refractivity contribution in [1.82, 2.24) is 16.0 Å². The summed E-state index contributed by atoms with van der Waals surface area (Å²) in [6.45, 7) is 10.2. The number of carbonyl (C=O) groups is 1. The molecule has 0 bridgehead atoms. The van der Waals surface area contributed by atoms with Crippen molar-refractivity contribution in [3.63, 3.8) is 0 Å². The first-order valence-electron chi connectivity index (χ1n) is 8.62. The lowest BCUT2D eigenvalue weighted by atomic mass is 10.3. The molecule has 0 saturated carbocycles. The van der Waals surface area contributed by atoms with E-state index in [1.807, 2.05) is 20.8 Å². The van der Waals surface area contributed by atoms with E-state index in [9.17, 15) is 4.79 Å². The van der Waals surface area contributed by atoms with Crippen molar-refractivity contribution < 1.29 is 14.3 Å². The molecule has 1 saturated heterocycles. The number of ether oxygens (including phenoxy) is 2. The molecule has 1 unspecified atom stereocenters. The number of amides is 1. The first-order valence-corrected chi connectivity index (χ1v) is 8.62. The van der Waals surface area contributed by atoms with Gasteiger partial charge in [-0.2, -0.15) is 0 Å². The van der Waals surface area contributed by atoms with Gasteiger partial charge in [-0.05, 0) is 33.6 Å². The Balaban J connectivity index is 2.14. The molecule has 23 heavy (non-hydrogen) atoms. The Morgan fingerprint density at radius 2 is 2.22 bits per heavy atom. The average molecular weight is 328 g/mol. The van der Waals surface area contributed by atoms with Gasteiger partial charge in [0, 0.05) is 45.3 Å². The Morgan fingerprint density at radius 3 is 2.87 bits per heavy atom. The third-order valence-electron chi connectivity index (χ3n) is 3.25. The third kappa shape index (κ3) is 10.1. The number of rotatable bonds is 10. The van der Waals surface area contributed by atoms with Crippen LogP contribution in [-0.4, -0.2) is 63.5 Å². The summed E-state index contributed by atoms with van der Waals surface area (Å²) in [6.07, 6.45) is 2.56. The molecule has 1 amide bonds. The summed E-state index contributed by atoms with van der Waals surface area (Å²) in [4.78, 5) is 16.1. The monoisotopic (exact) mass is 328 g/mol. The van der Waals surface area contributed by atoms with Crippen molar-refractivity contribution in [2.24, 2.45) is 4.99 Å². The van der Waals surface area contributed by atoms with Crippen LogP contribution in [0.25, 0.3) is 0 Å². The van der Waals surface area contributed by atoms with Crippen LogP contribution >= 0.6 is 0 Å². The Kier molecular flexibility index (Phi) is 10.4. The quantitative estimate of drug-likeness (QED) is 0.312. The van der Waals surface area contributed by atoms with Gasteiger partial charge in [0.15, 0.2) is 5.96 Å². The summed E-state index contributed by atoms with van der Waals surface area (Å²) in [7, 11) is 0. The van der Waals surface area contributed by atoms with Crippen LogP contribution in [0.4, 0.5) is 0 Å². The molecule has 3 N–H and O–H groups in total. The molecule has 1 atom stereocenters. The number of hydrogen-bond donors (Lipinski definition) is 3. The van der Waals surface area contributed by atoms with E-state index < -0.39 is 0 Å². The van der Waals surface area contributed by atoms with E-state index in [1.165, 1.54) is 0 Å². The van der Waals surface area contributed by atoms with Crippen LogP contribution in [0.5, 0.6) is 0 Å². The second-order valence-electron chi connectivity index (χ2n) is 5.87. The van der Waals surface area contributed by atoms with Gasteiger partial charge in [0.05, 0.1) is 12.7 Å².